The number of nitrogens with one attached hydrogen (secondary N) is 1. The first-order valence-electron chi connectivity index (χ1n) is 10.2. The molecule has 0 spiro atoms. The SMILES string of the molecule is COc1ccccc1N1CCN(C(=O)CCNc2ccc(OC(C)C)cc2)CC1. The number of ether oxygens (including phenoxy) is 2. The van der Waals surface area contributed by atoms with Gasteiger partial charge in [0.2, 0.25) is 5.91 Å². The van der Waals surface area contributed by atoms with Crippen molar-refractivity contribution in [2.24, 2.45) is 0 Å². The van der Waals surface area contributed by atoms with Gasteiger partial charge < -0.3 is 24.6 Å². The highest BCUT2D eigenvalue weighted by molar-refractivity contribution is 5.77. The minimum atomic E-state index is 0.162. The lowest BCUT2D eigenvalue weighted by atomic mass is 10.2. The topological polar surface area (TPSA) is 54.0 Å². The van der Waals surface area contributed by atoms with E-state index in [1.54, 1.807) is 7.11 Å². The Morgan fingerprint density at radius 1 is 1.03 bits per heavy atom. The molecule has 0 saturated carbocycles. The Balaban J connectivity index is 1.42. The predicted octanol–water partition coefficient (Wildman–Crippen LogP) is 3.63. The fourth-order valence-electron chi connectivity index (χ4n) is 3.48. The van der Waals surface area contributed by atoms with Crippen LogP contribution >= 0.6 is 0 Å². The molecular weight excluding hydrogens is 366 g/mol. The van der Waals surface area contributed by atoms with Crippen molar-refractivity contribution in [3.63, 3.8) is 0 Å². The molecule has 0 radical (unpaired) electrons. The number of carbonyl (C=O) groups is 1. The second-order valence-electron chi connectivity index (χ2n) is 7.41. The van der Waals surface area contributed by atoms with E-state index in [1.807, 2.05) is 61.2 Å². The van der Waals surface area contributed by atoms with Crippen molar-refractivity contribution < 1.29 is 14.3 Å². The molecule has 3 rings (SSSR count). The Kier molecular flexibility index (Phi) is 7.22. The van der Waals surface area contributed by atoms with Crippen molar-refractivity contribution in [3.05, 3.63) is 48.5 Å². The third-order valence-corrected chi connectivity index (χ3v) is 4.95. The van der Waals surface area contributed by atoms with E-state index in [2.05, 4.69) is 16.3 Å². The molecule has 1 aliphatic rings. The molecule has 0 unspecified atom stereocenters. The summed E-state index contributed by atoms with van der Waals surface area (Å²) in [5, 5.41) is 3.31. The van der Waals surface area contributed by atoms with Crippen molar-refractivity contribution in [3.8, 4) is 11.5 Å². The summed E-state index contributed by atoms with van der Waals surface area (Å²) in [7, 11) is 1.69. The molecule has 1 heterocycles. The zero-order valence-corrected chi connectivity index (χ0v) is 17.6. The fourth-order valence-corrected chi connectivity index (χ4v) is 3.48. The molecule has 0 aromatic heterocycles. The number of carbonyl (C=O) groups excluding carboxylic acids is 1. The van der Waals surface area contributed by atoms with Gasteiger partial charge in [0.05, 0.1) is 18.9 Å². The summed E-state index contributed by atoms with van der Waals surface area (Å²) in [6.45, 7) is 7.74. The zero-order chi connectivity index (χ0) is 20.6. The highest BCUT2D eigenvalue weighted by Gasteiger charge is 2.22. The van der Waals surface area contributed by atoms with Crippen LogP contribution in [0.4, 0.5) is 11.4 Å². The van der Waals surface area contributed by atoms with Gasteiger partial charge >= 0.3 is 0 Å². The van der Waals surface area contributed by atoms with Crippen molar-refractivity contribution in [2.75, 3.05) is 50.1 Å². The van der Waals surface area contributed by atoms with E-state index in [1.165, 1.54) is 0 Å². The summed E-state index contributed by atoms with van der Waals surface area (Å²) < 4.78 is 11.1. The number of hydrogen-bond donors (Lipinski definition) is 1. The van der Waals surface area contributed by atoms with Crippen LogP contribution in [-0.4, -0.2) is 56.7 Å². The van der Waals surface area contributed by atoms with Gasteiger partial charge in [0, 0.05) is 44.8 Å². The fraction of sp³-hybridized carbons (Fsp3) is 0.435. The lowest BCUT2D eigenvalue weighted by molar-refractivity contribution is -0.131. The lowest BCUT2D eigenvalue weighted by Gasteiger charge is -2.36. The number of para-hydroxylation sites is 2. The lowest BCUT2D eigenvalue weighted by Crippen LogP contribution is -2.49. The molecule has 156 valence electrons. The Labute approximate surface area is 173 Å². The van der Waals surface area contributed by atoms with E-state index < -0.39 is 0 Å². The molecule has 1 saturated heterocycles. The number of amides is 1. The molecule has 0 aliphatic carbocycles. The van der Waals surface area contributed by atoms with Crippen LogP contribution in [0.3, 0.4) is 0 Å². The van der Waals surface area contributed by atoms with E-state index in [0.29, 0.717) is 13.0 Å². The van der Waals surface area contributed by atoms with Crippen LogP contribution in [0, 0.1) is 0 Å². The zero-order valence-electron chi connectivity index (χ0n) is 17.6. The third kappa shape index (κ3) is 5.79. The molecule has 1 N–H and O–H groups in total. The van der Waals surface area contributed by atoms with Crippen LogP contribution in [0.2, 0.25) is 0 Å². The van der Waals surface area contributed by atoms with Crippen molar-refractivity contribution in [2.45, 2.75) is 26.4 Å². The molecule has 1 amide bonds. The highest BCUT2D eigenvalue weighted by atomic mass is 16.5. The Morgan fingerprint density at radius 3 is 2.38 bits per heavy atom. The quantitative estimate of drug-likeness (QED) is 0.737. The molecular formula is C23H31N3O3. The number of rotatable bonds is 8. The van der Waals surface area contributed by atoms with Crippen LogP contribution in [-0.2, 0) is 4.79 Å². The maximum absolute atomic E-state index is 12.6. The van der Waals surface area contributed by atoms with Gasteiger partial charge in [-0.05, 0) is 50.2 Å². The van der Waals surface area contributed by atoms with Crippen LogP contribution in [0.25, 0.3) is 0 Å². The molecule has 2 aromatic rings. The highest BCUT2D eigenvalue weighted by Crippen LogP contribution is 2.28. The van der Waals surface area contributed by atoms with Crippen LogP contribution in [0.15, 0.2) is 48.5 Å². The summed E-state index contributed by atoms with van der Waals surface area (Å²) in [6.07, 6.45) is 0.647. The average molecular weight is 398 g/mol. The number of anilines is 2. The smallest absolute Gasteiger partial charge is 0.224 e. The Bertz CT molecular complexity index is 784. The summed E-state index contributed by atoms with van der Waals surface area (Å²) >= 11 is 0. The van der Waals surface area contributed by atoms with Crippen LogP contribution in [0.5, 0.6) is 11.5 Å². The number of benzene rings is 2. The number of methoxy groups -OCH3 is 1. The van der Waals surface area contributed by atoms with E-state index in [-0.39, 0.29) is 12.0 Å². The largest absolute Gasteiger partial charge is 0.495 e. The van der Waals surface area contributed by atoms with Gasteiger partial charge in [-0.25, -0.2) is 0 Å². The molecule has 0 atom stereocenters. The molecule has 29 heavy (non-hydrogen) atoms. The monoisotopic (exact) mass is 397 g/mol. The number of piperazine rings is 1. The Hall–Kier alpha value is -2.89. The second-order valence-corrected chi connectivity index (χ2v) is 7.41. The molecule has 6 heteroatoms. The second kappa shape index (κ2) is 10.0. The summed E-state index contributed by atoms with van der Waals surface area (Å²) in [5.41, 5.74) is 2.09. The van der Waals surface area contributed by atoms with E-state index in [9.17, 15) is 4.79 Å². The van der Waals surface area contributed by atoms with E-state index in [0.717, 1.165) is 49.1 Å². The normalized spacial score (nSPS) is 14.1. The summed E-state index contributed by atoms with van der Waals surface area (Å²) in [5.74, 6) is 1.92. The Morgan fingerprint density at radius 2 is 1.72 bits per heavy atom. The van der Waals surface area contributed by atoms with Gasteiger partial charge in [0.1, 0.15) is 11.5 Å². The summed E-state index contributed by atoms with van der Waals surface area (Å²) in [6, 6.07) is 15.9. The average Bonchev–Trinajstić information content (AvgIpc) is 2.74. The maximum Gasteiger partial charge on any atom is 0.224 e. The maximum atomic E-state index is 12.6. The van der Waals surface area contributed by atoms with Gasteiger partial charge in [0.25, 0.3) is 0 Å². The van der Waals surface area contributed by atoms with Gasteiger partial charge in [-0.15, -0.1) is 0 Å². The third-order valence-electron chi connectivity index (χ3n) is 4.95. The van der Waals surface area contributed by atoms with Crippen molar-refractivity contribution in [1.29, 1.82) is 0 Å². The van der Waals surface area contributed by atoms with Gasteiger partial charge in [-0.3, -0.25) is 4.79 Å². The van der Waals surface area contributed by atoms with Gasteiger partial charge in [-0.2, -0.15) is 0 Å². The molecule has 1 aliphatic heterocycles. The molecule has 2 aromatic carbocycles. The molecule has 6 nitrogen and oxygen atoms in total. The van der Waals surface area contributed by atoms with Crippen LogP contribution < -0.4 is 19.7 Å². The number of nitrogens with zero attached hydrogens (tertiary/aromatic N) is 2. The van der Waals surface area contributed by atoms with Crippen LogP contribution in [0.1, 0.15) is 20.3 Å². The first kappa shape index (κ1) is 20.8. The molecule has 1 fully saturated rings. The van der Waals surface area contributed by atoms with Crippen molar-refractivity contribution >= 4 is 17.3 Å². The predicted molar refractivity (Wildman–Crippen MR) is 117 cm³/mol. The first-order valence-corrected chi connectivity index (χ1v) is 10.2. The summed E-state index contributed by atoms with van der Waals surface area (Å²) in [4.78, 5) is 16.8. The van der Waals surface area contributed by atoms with E-state index >= 15 is 0 Å². The van der Waals surface area contributed by atoms with Crippen molar-refractivity contribution in [1.82, 2.24) is 4.90 Å². The minimum absolute atomic E-state index is 0.162. The molecule has 0 bridgehead atoms. The van der Waals surface area contributed by atoms with Gasteiger partial charge in [0.15, 0.2) is 0 Å². The number of hydrogen-bond acceptors (Lipinski definition) is 5. The minimum Gasteiger partial charge on any atom is -0.495 e. The van der Waals surface area contributed by atoms with Gasteiger partial charge in [-0.1, -0.05) is 12.1 Å². The van der Waals surface area contributed by atoms with E-state index in [4.69, 9.17) is 9.47 Å². The first-order chi connectivity index (χ1) is 14.1. The standard InChI is InChI=1S/C23H31N3O3/c1-18(2)29-20-10-8-19(9-11-20)24-13-12-23(27)26-16-14-25(15-17-26)21-6-4-5-7-22(21)28-3/h4-11,18,24H,12-17H2,1-3H3.